The summed E-state index contributed by atoms with van der Waals surface area (Å²) in [5, 5.41) is 7.15. The fraction of sp³-hybridized carbons (Fsp3) is 0.250. The van der Waals surface area contributed by atoms with Gasteiger partial charge in [-0.15, -0.1) is 0 Å². The molecular weight excluding hydrogens is 286 g/mol. The summed E-state index contributed by atoms with van der Waals surface area (Å²) in [7, 11) is 0. The van der Waals surface area contributed by atoms with Crippen molar-refractivity contribution in [2.45, 2.75) is 9.72 Å². The Balaban J connectivity index is 3.24. The van der Waals surface area contributed by atoms with Gasteiger partial charge in [0, 0.05) is 17.7 Å². The van der Waals surface area contributed by atoms with Gasteiger partial charge in [-0.3, -0.25) is 10.1 Å². The maximum atomic E-state index is 13.7. The van der Waals surface area contributed by atoms with E-state index in [9.17, 15) is 18.9 Å². The molecule has 0 saturated carbocycles. The van der Waals surface area contributed by atoms with Crippen molar-refractivity contribution in [3.63, 3.8) is 0 Å². The Hall–Kier alpha value is -0.650. The molecule has 3 nitrogen and oxygen atoms in total. The van der Waals surface area contributed by atoms with Gasteiger partial charge in [0.25, 0.3) is 10.8 Å². The first-order valence-electron chi connectivity index (χ1n) is 3.86. The summed E-state index contributed by atoms with van der Waals surface area (Å²) in [6, 6.07) is 4.04. The number of rotatable bonds is 3. The van der Waals surface area contributed by atoms with Crippen molar-refractivity contribution in [2.24, 2.45) is 0 Å². The molecule has 0 aromatic heterocycles. The van der Waals surface area contributed by atoms with Crippen molar-refractivity contribution in [1.82, 2.24) is 0 Å². The molecule has 0 spiro atoms. The third-order valence-electron chi connectivity index (χ3n) is 1.78. The van der Waals surface area contributed by atoms with E-state index in [1.54, 1.807) is 0 Å². The number of nitro groups is 1. The lowest BCUT2D eigenvalue weighted by atomic mass is 10.1. The number of hydrogen-bond donors (Lipinski definition) is 0. The van der Waals surface area contributed by atoms with E-state index in [4.69, 9.17) is 34.8 Å². The minimum Gasteiger partial charge on any atom is -0.258 e. The number of halogens is 5. The molecule has 0 aliphatic heterocycles. The minimum atomic E-state index is -3.40. The fourth-order valence-electron chi connectivity index (χ4n) is 0.978. The second-order valence-corrected chi connectivity index (χ2v) is 4.64. The van der Waals surface area contributed by atoms with Crippen molar-refractivity contribution in [1.29, 1.82) is 0 Å². The number of hydrogen-bond acceptors (Lipinski definition) is 2. The molecule has 1 unspecified atom stereocenters. The number of alkyl halides is 5. The first-order valence-corrected chi connectivity index (χ1v) is 4.99. The third kappa shape index (κ3) is 2.53. The van der Waals surface area contributed by atoms with E-state index in [-0.39, 0.29) is 0 Å². The molecule has 0 heterocycles. The Morgan fingerprint density at radius 3 is 2.25 bits per heavy atom. The predicted octanol–water partition coefficient (Wildman–Crippen LogP) is 4.06. The van der Waals surface area contributed by atoms with Gasteiger partial charge < -0.3 is 0 Å². The van der Waals surface area contributed by atoms with E-state index >= 15 is 0 Å². The maximum Gasteiger partial charge on any atom is 0.309 e. The van der Waals surface area contributed by atoms with Crippen molar-refractivity contribution >= 4 is 40.5 Å². The lowest BCUT2D eigenvalue weighted by Gasteiger charge is -2.24. The second-order valence-electron chi connectivity index (χ2n) is 2.88. The van der Waals surface area contributed by atoms with Crippen LogP contribution < -0.4 is 0 Å². The van der Waals surface area contributed by atoms with E-state index in [2.05, 4.69) is 0 Å². The Morgan fingerprint density at radius 1 is 1.25 bits per heavy atom. The molecule has 1 aromatic rings. The highest BCUT2D eigenvalue weighted by atomic mass is 35.5. The molecular formula is C8H4Cl3F2NO2. The number of benzene rings is 1. The molecule has 0 saturated heterocycles. The minimum absolute atomic E-state index is 0.447. The van der Waals surface area contributed by atoms with Crippen LogP contribution in [0.4, 0.5) is 14.5 Å². The molecule has 88 valence electrons. The average Bonchev–Trinajstić information content (AvgIpc) is 2.16. The Bertz CT molecular complexity index is 420. The standard InChI is InChI=1S/C8H4Cl3F2NO2/c9-7(12,8(10,11)13)5-2-1-3-6(4-5)14(15)16/h1-4H. The summed E-state index contributed by atoms with van der Waals surface area (Å²) in [5.41, 5.74) is -0.978. The zero-order valence-corrected chi connectivity index (χ0v) is 9.73. The highest BCUT2D eigenvalue weighted by molar-refractivity contribution is 6.51. The van der Waals surface area contributed by atoms with Gasteiger partial charge in [0.2, 0.25) is 0 Å². The van der Waals surface area contributed by atoms with Crippen molar-refractivity contribution < 1.29 is 13.7 Å². The average molecular weight is 290 g/mol. The lowest BCUT2D eigenvalue weighted by molar-refractivity contribution is -0.385. The van der Waals surface area contributed by atoms with Crippen molar-refractivity contribution in [2.75, 3.05) is 0 Å². The van der Waals surface area contributed by atoms with Crippen LogP contribution in [0.3, 0.4) is 0 Å². The van der Waals surface area contributed by atoms with E-state index < -0.39 is 25.9 Å². The molecule has 8 heteroatoms. The van der Waals surface area contributed by atoms with Crippen LogP contribution in [0, 0.1) is 10.1 Å². The Morgan fingerprint density at radius 2 is 1.81 bits per heavy atom. The molecule has 0 radical (unpaired) electrons. The first-order chi connectivity index (χ1) is 7.16. The van der Waals surface area contributed by atoms with Gasteiger partial charge in [-0.1, -0.05) is 46.9 Å². The summed E-state index contributed by atoms with van der Waals surface area (Å²) in [5.74, 6) is 0. The van der Waals surface area contributed by atoms with Crippen LogP contribution in [0.2, 0.25) is 0 Å². The van der Waals surface area contributed by atoms with Crippen LogP contribution in [0.1, 0.15) is 5.56 Å². The molecule has 0 N–H and O–H groups in total. The van der Waals surface area contributed by atoms with Crippen LogP contribution >= 0.6 is 34.8 Å². The second kappa shape index (κ2) is 4.31. The smallest absolute Gasteiger partial charge is 0.258 e. The Labute approximate surface area is 104 Å². The summed E-state index contributed by atoms with van der Waals surface area (Å²) in [6.45, 7) is 0. The Kier molecular flexibility index (Phi) is 3.62. The van der Waals surface area contributed by atoms with Gasteiger partial charge in [0.15, 0.2) is 0 Å². The molecule has 0 aliphatic rings. The van der Waals surface area contributed by atoms with E-state index in [1.807, 2.05) is 0 Å². The summed E-state index contributed by atoms with van der Waals surface area (Å²) >= 11 is 15.0. The molecule has 1 atom stereocenters. The number of nitro benzene ring substituents is 1. The summed E-state index contributed by atoms with van der Waals surface area (Å²) < 4.78 is 23.3. The number of non-ortho nitro benzene ring substituents is 1. The maximum absolute atomic E-state index is 13.7. The zero-order valence-electron chi connectivity index (χ0n) is 7.46. The third-order valence-corrected chi connectivity index (χ3v) is 2.97. The van der Waals surface area contributed by atoms with E-state index in [0.717, 1.165) is 24.3 Å². The molecule has 16 heavy (non-hydrogen) atoms. The highest BCUT2D eigenvalue weighted by Gasteiger charge is 2.52. The summed E-state index contributed by atoms with van der Waals surface area (Å²) in [4.78, 5) is 9.63. The van der Waals surface area contributed by atoms with Gasteiger partial charge in [0.05, 0.1) is 4.92 Å². The topological polar surface area (TPSA) is 43.1 Å². The molecule has 0 amide bonds. The lowest BCUT2D eigenvalue weighted by Crippen LogP contribution is -2.30. The molecule has 1 rings (SSSR count). The van der Waals surface area contributed by atoms with Crippen LogP contribution in [-0.2, 0) is 5.13 Å². The van der Waals surface area contributed by atoms with Gasteiger partial charge in [-0.25, -0.2) is 8.78 Å². The monoisotopic (exact) mass is 289 g/mol. The van der Waals surface area contributed by atoms with Gasteiger partial charge in [-0.05, 0) is 0 Å². The number of nitrogens with zero attached hydrogens (tertiary/aromatic N) is 1. The van der Waals surface area contributed by atoms with Crippen LogP contribution in [0.5, 0.6) is 0 Å². The normalized spacial score (nSPS) is 15.6. The SMILES string of the molecule is O=[N+]([O-])c1cccc(C(F)(Cl)C(F)(Cl)Cl)c1. The predicted molar refractivity (Wildman–Crippen MR) is 57.3 cm³/mol. The summed E-state index contributed by atoms with van der Waals surface area (Å²) in [6.07, 6.45) is 0. The molecule has 0 aliphatic carbocycles. The zero-order chi connectivity index (χ0) is 12.6. The first kappa shape index (κ1) is 13.4. The molecule has 0 bridgehead atoms. The van der Waals surface area contributed by atoms with E-state index in [0.29, 0.717) is 0 Å². The molecule has 1 aromatic carbocycles. The van der Waals surface area contributed by atoms with Crippen LogP contribution in [0.15, 0.2) is 24.3 Å². The fourth-order valence-corrected chi connectivity index (χ4v) is 1.31. The largest absolute Gasteiger partial charge is 0.309 e. The van der Waals surface area contributed by atoms with E-state index in [1.165, 1.54) is 0 Å². The van der Waals surface area contributed by atoms with Crippen molar-refractivity contribution in [3.05, 3.63) is 39.9 Å². The quantitative estimate of drug-likeness (QED) is 0.479. The van der Waals surface area contributed by atoms with Gasteiger partial charge in [-0.2, -0.15) is 0 Å². The highest BCUT2D eigenvalue weighted by Crippen LogP contribution is 2.49. The van der Waals surface area contributed by atoms with Gasteiger partial charge >= 0.3 is 4.59 Å². The van der Waals surface area contributed by atoms with Crippen LogP contribution in [0.25, 0.3) is 0 Å². The van der Waals surface area contributed by atoms with Crippen molar-refractivity contribution in [3.8, 4) is 0 Å². The van der Waals surface area contributed by atoms with Crippen LogP contribution in [-0.4, -0.2) is 9.51 Å². The molecule has 0 fully saturated rings. The van der Waals surface area contributed by atoms with Gasteiger partial charge in [0.1, 0.15) is 0 Å².